The average Bonchev–Trinajstić information content (AvgIpc) is 3.31. The van der Waals surface area contributed by atoms with Crippen molar-refractivity contribution < 1.29 is 18.0 Å². The Morgan fingerprint density at radius 1 is 1.14 bits per heavy atom. The van der Waals surface area contributed by atoms with Gasteiger partial charge in [0.2, 0.25) is 5.95 Å². The maximum atomic E-state index is 13.8. The molecule has 29 heavy (non-hydrogen) atoms. The number of para-hydroxylation sites is 2. The Morgan fingerprint density at radius 3 is 2.48 bits per heavy atom. The van der Waals surface area contributed by atoms with Crippen molar-refractivity contribution in [2.75, 3.05) is 11.9 Å². The molecule has 0 bridgehead atoms. The van der Waals surface area contributed by atoms with Gasteiger partial charge in [-0.3, -0.25) is 9.69 Å². The first kappa shape index (κ1) is 19.0. The van der Waals surface area contributed by atoms with Gasteiger partial charge in [-0.2, -0.15) is 18.3 Å². The number of aromatic nitrogens is 4. The van der Waals surface area contributed by atoms with E-state index in [9.17, 15) is 18.0 Å². The van der Waals surface area contributed by atoms with E-state index in [1.807, 2.05) is 0 Å². The maximum absolute atomic E-state index is 13.8. The second kappa shape index (κ2) is 6.93. The number of carbonyl (C=O) groups excluding carboxylic acids is 1. The van der Waals surface area contributed by atoms with Crippen molar-refractivity contribution in [3.8, 4) is 5.69 Å². The normalized spacial score (nSPS) is 11.8. The standard InChI is InChI=1S/C19H13ClF3N5O/c1-27(18-25-14-4-2-3-5-15(14)26-18)17(29)13-10-24-28(16(13)19(21,22)23)12-8-6-11(20)7-9-12/h2-10H,1H3,(H,25,26). The van der Waals surface area contributed by atoms with Crippen LogP contribution < -0.4 is 4.90 Å². The summed E-state index contributed by atoms with van der Waals surface area (Å²) in [4.78, 5) is 21.1. The Hall–Kier alpha value is -3.33. The summed E-state index contributed by atoms with van der Waals surface area (Å²) in [6, 6.07) is 12.7. The van der Waals surface area contributed by atoms with Crippen molar-refractivity contribution in [2.24, 2.45) is 0 Å². The number of benzene rings is 2. The van der Waals surface area contributed by atoms with Gasteiger partial charge < -0.3 is 4.98 Å². The van der Waals surface area contributed by atoms with Crippen LogP contribution in [0.5, 0.6) is 0 Å². The van der Waals surface area contributed by atoms with E-state index in [1.165, 1.54) is 31.3 Å². The zero-order valence-corrected chi connectivity index (χ0v) is 15.7. The molecule has 2 aromatic heterocycles. The summed E-state index contributed by atoms with van der Waals surface area (Å²) >= 11 is 5.80. The van der Waals surface area contributed by atoms with E-state index in [1.54, 1.807) is 24.3 Å². The molecule has 1 N–H and O–H groups in total. The molecule has 0 unspecified atom stereocenters. The van der Waals surface area contributed by atoms with Gasteiger partial charge in [0, 0.05) is 12.1 Å². The van der Waals surface area contributed by atoms with Gasteiger partial charge in [0.15, 0.2) is 5.69 Å². The fraction of sp³-hybridized carbons (Fsp3) is 0.105. The number of rotatable bonds is 3. The molecule has 0 atom stereocenters. The molecule has 0 saturated heterocycles. The maximum Gasteiger partial charge on any atom is 0.434 e. The van der Waals surface area contributed by atoms with Crippen molar-refractivity contribution in [1.29, 1.82) is 0 Å². The predicted molar refractivity (Wildman–Crippen MR) is 102 cm³/mol. The highest BCUT2D eigenvalue weighted by Crippen LogP contribution is 2.34. The summed E-state index contributed by atoms with van der Waals surface area (Å²) in [5, 5.41) is 4.17. The van der Waals surface area contributed by atoms with Crippen LogP contribution in [-0.2, 0) is 6.18 Å². The number of H-pyrrole nitrogens is 1. The zero-order chi connectivity index (χ0) is 20.8. The number of hydrogen-bond acceptors (Lipinski definition) is 3. The summed E-state index contributed by atoms with van der Waals surface area (Å²) in [6.07, 6.45) is -3.91. The van der Waals surface area contributed by atoms with Gasteiger partial charge in [-0.25, -0.2) is 9.67 Å². The van der Waals surface area contributed by atoms with Gasteiger partial charge in [-0.1, -0.05) is 23.7 Å². The predicted octanol–water partition coefficient (Wildman–Crippen LogP) is 4.70. The number of imidazole rings is 1. The number of fused-ring (bicyclic) bond motifs is 1. The molecular formula is C19H13ClF3N5O. The fourth-order valence-corrected chi connectivity index (χ4v) is 3.06. The summed E-state index contributed by atoms with van der Waals surface area (Å²) < 4.78 is 42.1. The second-order valence-electron chi connectivity index (χ2n) is 6.23. The van der Waals surface area contributed by atoms with Crippen LogP contribution in [0.4, 0.5) is 19.1 Å². The van der Waals surface area contributed by atoms with Crippen LogP contribution in [0.3, 0.4) is 0 Å². The first-order valence-electron chi connectivity index (χ1n) is 8.39. The average molecular weight is 420 g/mol. The van der Waals surface area contributed by atoms with E-state index >= 15 is 0 Å². The zero-order valence-electron chi connectivity index (χ0n) is 14.9. The van der Waals surface area contributed by atoms with Crippen LogP contribution in [-0.4, -0.2) is 32.7 Å². The molecule has 10 heteroatoms. The first-order valence-corrected chi connectivity index (χ1v) is 8.77. The second-order valence-corrected chi connectivity index (χ2v) is 6.67. The molecule has 0 aliphatic carbocycles. The van der Waals surface area contributed by atoms with E-state index in [4.69, 9.17) is 11.6 Å². The largest absolute Gasteiger partial charge is 0.434 e. The van der Waals surface area contributed by atoms with E-state index < -0.39 is 23.3 Å². The minimum atomic E-state index is -4.81. The monoisotopic (exact) mass is 419 g/mol. The summed E-state index contributed by atoms with van der Waals surface area (Å²) in [7, 11) is 1.35. The molecule has 0 fully saturated rings. The molecule has 0 aliphatic heterocycles. The van der Waals surface area contributed by atoms with Crippen LogP contribution in [0.25, 0.3) is 16.7 Å². The highest BCUT2D eigenvalue weighted by atomic mass is 35.5. The van der Waals surface area contributed by atoms with E-state index in [0.29, 0.717) is 20.7 Å². The lowest BCUT2D eigenvalue weighted by atomic mass is 10.2. The number of halogens is 4. The summed E-state index contributed by atoms with van der Waals surface area (Å²) in [5.74, 6) is -0.764. The molecule has 4 rings (SSSR count). The number of anilines is 1. The molecule has 6 nitrogen and oxygen atoms in total. The van der Waals surface area contributed by atoms with Gasteiger partial charge in [0.05, 0.1) is 28.5 Å². The van der Waals surface area contributed by atoms with Crippen molar-refractivity contribution in [3.63, 3.8) is 0 Å². The van der Waals surface area contributed by atoms with Crippen LogP contribution in [0.2, 0.25) is 5.02 Å². The SMILES string of the molecule is CN(C(=O)c1cnn(-c2ccc(Cl)cc2)c1C(F)(F)F)c1nc2ccccc2[nH]1. The van der Waals surface area contributed by atoms with E-state index in [2.05, 4.69) is 15.1 Å². The van der Waals surface area contributed by atoms with E-state index in [-0.39, 0.29) is 11.6 Å². The van der Waals surface area contributed by atoms with Crippen molar-refractivity contribution in [2.45, 2.75) is 6.18 Å². The molecule has 1 amide bonds. The Bertz CT molecular complexity index is 1160. The number of aromatic amines is 1. The molecule has 2 heterocycles. The van der Waals surface area contributed by atoms with Crippen molar-refractivity contribution in [1.82, 2.24) is 19.7 Å². The Balaban J connectivity index is 1.77. The summed E-state index contributed by atoms with van der Waals surface area (Å²) in [6.45, 7) is 0. The first-order chi connectivity index (χ1) is 13.8. The molecule has 148 valence electrons. The quantitative estimate of drug-likeness (QED) is 0.523. The van der Waals surface area contributed by atoms with Gasteiger partial charge in [-0.15, -0.1) is 0 Å². The number of hydrogen-bond donors (Lipinski definition) is 1. The summed E-state index contributed by atoms with van der Waals surface area (Å²) in [5.41, 5.74) is -0.375. The third kappa shape index (κ3) is 3.44. The molecule has 0 spiro atoms. The molecular weight excluding hydrogens is 407 g/mol. The third-order valence-corrected chi connectivity index (χ3v) is 4.59. The van der Waals surface area contributed by atoms with Crippen molar-refractivity contribution in [3.05, 3.63) is 71.0 Å². The van der Waals surface area contributed by atoms with Gasteiger partial charge >= 0.3 is 6.18 Å². The lowest BCUT2D eigenvalue weighted by Crippen LogP contribution is -2.29. The molecule has 0 aliphatic rings. The van der Waals surface area contributed by atoms with Crippen molar-refractivity contribution >= 4 is 34.5 Å². The Morgan fingerprint density at radius 2 is 1.83 bits per heavy atom. The lowest BCUT2D eigenvalue weighted by molar-refractivity contribution is -0.143. The number of amides is 1. The molecule has 2 aromatic carbocycles. The molecule has 4 aromatic rings. The number of alkyl halides is 3. The van der Waals surface area contributed by atoms with Gasteiger partial charge in [0.1, 0.15) is 0 Å². The minimum absolute atomic E-state index is 0.128. The van der Waals surface area contributed by atoms with Crippen LogP contribution in [0.15, 0.2) is 54.7 Å². The lowest BCUT2D eigenvalue weighted by Gasteiger charge is -2.16. The van der Waals surface area contributed by atoms with Crippen LogP contribution in [0, 0.1) is 0 Å². The highest BCUT2D eigenvalue weighted by Gasteiger charge is 2.41. The fourth-order valence-electron chi connectivity index (χ4n) is 2.93. The Kier molecular flexibility index (Phi) is 4.54. The van der Waals surface area contributed by atoms with Crippen LogP contribution in [0.1, 0.15) is 16.1 Å². The topological polar surface area (TPSA) is 66.8 Å². The highest BCUT2D eigenvalue weighted by molar-refractivity contribution is 6.30. The van der Waals surface area contributed by atoms with Crippen LogP contribution >= 0.6 is 11.6 Å². The number of nitrogens with zero attached hydrogens (tertiary/aromatic N) is 4. The van der Waals surface area contributed by atoms with E-state index in [0.717, 1.165) is 11.1 Å². The number of carbonyl (C=O) groups is 1. The Labute approximate surface area is 167 Å². The number of nitrogens with one attached hydrogen (secondary N) is 1. The molecule has 0 radical (unpaired) electrons. The third-order valence-electron chi connectivity index (χ3n) is 4.34. The van der Waals surface area contributed by atoms with Gasteiger partial charge in [0.25, 0.3) is 5.91 Å². The minimum Gasteiger partial charge on any atom is -0.324 e. The smallest absolute Gasteiger partial charge is 0.324 e. The van der Waals surface area contributed by atoms with Gasteiger partial charge in [-0.05, 0) is 36.4 Å². The molecule has 0 saturated carbocycles.